The highest BCUT2D eigenvalue weighted by Gasteiger charge is 2.21. The Balaban J connectivity index is 1.28. The molecule has 5 rings (SSSR count). The Labute approximate surface area is 177 Å². The van der Waals surface area contributed by atoms with Crippen molar-refractivity contribution in [2.75, 3.05) is 56.2 Å². The van der Waals surface area contributed by atoms with Gasteiger partial charge in [0.05, 0.1) is 13.7 Å². The van der Waals surface area contributed by atoms with Gasteiger partial charge in [0, 0.05) is 62.8 Å². The van der Waals surface area contributed by atoms with Gasteiger partial charge in [-0.1, -0.05) is 6.07 Å². The number of anilines is 2. The SMILES string of the molecule is COc1cccc(N2CCN(Cc3nc4nc(C)cc(N5CCCC5)n4n3)CC2)c1. The molecule has 8 nitrogen and oxygen atoms in total. The minimum absolute atomic E-state index is 0.710. The summed E-state index contributed by atoms with van der Waals surface area (Å²) >= 11 is 0. The molecule has 0 unspecified atom stereocenters. The van der Waals surface area contributed by atoms with E-state index in [0.717, 1.165) is 68.9 Å². The highest BCUT2D eigenvalue weighted by molar-refractivity contribution is 5.51. The molecule has 0 aliphatic carbocycles. The third-order valence-electron chi connectivity index (χ3n) is 6.05. The van der Waals surface area contributed by atoms with Gasteiger partial charge in [0.15, 0.2) is 5.82 Å². The molecule has 4 heterocycles. The summed E-state index contributed by atoms with van der Waals surface area (Å²) in [7, 11) is 1.71. The number of hydrogen-bond acceptors (Lipinski definition) is 7. The van der Waals surface area contributed by atoms with Gasteiger partial charge in [-0.3, -0.25) is 4.90 Å². The number of hydrogen-bond donors (Lipinski definition) is 0. The molecule has 8 heteroatoms. The van der Waals surface area contributed by atoms with E-state index in [9.17, 15) is 0 Å². The molecule has 0 spiro atoms. The molecule has 1 aromatic carbocycles. The Morgan fingerprint density at radius 3 is 2.50 bits per heavy atom. The van der Waals surface area contributed by atoms with Crippen LogP contribution in [-0.4, -0.2) is 70.9 Å². The van der Waals surface area contributed by atoms with Crippen LogP contribution in [0.2, 0.25) is 0 Å². The van der Waals surface area contributed by atoms with Crippen molar-refractivity contribution in [3.05, 3.63) is 41.9 Å². The number of methoxy groups -OCH3 is 1. The molecule has 2 fully saturated rings. The second-order valence-corrected chi connectivity index (χ2v) is 8.15. The lowest BCUT2D eigenvalue weighted by Crippen LogP contribution is -2.46. The number of nitrogens with zero attached hydrogens (tertiary/aromatic N) is 7. The molecule has 0 bridgehead atoms. The maximum Gasteiger partial charge on any atom is 0.254 e. The van der Waals surface area contributed by atoms with Gasteiger partial charge >= 0.3 is 0 Å². The summed E-state index contributed by atoms with van der Waals surface area (Å²) in [6.45, 7) is 8.89. The maximum atomic E-state index is 5.36. The van der Waals surface area contributed by atoms with Crippen molar-refractivity contribution in [1.82, 2.24) is 24.5 Å². The molecule has 0 atom stereocenters. The van der Waals surface area contributed by atoms with Crippen LogP contribution in [0.25, 0.3) is 5.78 Å². The number of benzene rings is 1. The lowest BCUT2D eigenvalue weighted by atomic mass is 10.2. The molecule has 3 aromatic rings. The number of rotatable bonds is 5. The van der Waals surface area contributed by atoms with Crippen LogP contribution in [0, 0.1) is 6.92 Å². The molecule has 2 aromatic heterocycles. The molecule has 2 aliphatic heterocycles. The third kappa shape index (κ3) is 3.79. The maximum absolute atomic E-state index is 5.36. The van der Waals surface area contributed by atoms with Gasteiger partial charge in [0.25, 0.3) is 5.78 Å². The van der Waals surface area contributed by atoms with Crippen LogP contribution in [-0.2, 0) is 6.54 Å². The highest BCUT2D eigenvalue weighted by Crippen LogP contribution is 2.23. The molecule has 2 saturated heterocycles. The molecule has 0 amide bonds. The number of ether oxygens (including phenoxy) is 1. The number of fused-ring (bicyclic) bond motifs is 1. The Kier molecular flexibility index (Phi) is 5.16. The number of aromatic nitrogens is 4. The Hall–Kier alpha value is -2.87. The molecule has 0 saturated carbocycles. The van der Waals surface area contributed by atoms with E-state index in [4.69, 9.17) is 14.8 Å². The molecule has 2 aliphatic rings. The van der Waals surface area contributed by atoms with Crippen molar-refractivity contribution >= 4 is 17.3 Å². The molecule has 0 radical (unpaired) electrons. The van der Waals surface area contributed by atoms with Crippen LogP contribution in [0.15, 0.2) is 30.3 Å². The first-order chi connectivity index (χ1) is 14.7. The molecule has 158 valence electrons. The van der Waals surface area contributed by atoms with Crippen molar-refractivity contribution in [2.45, 2.75) is 26.3 Å². The zero-order chi connectivity index (χ0) is 20.5. The van der Waals surface area contributed by atoms with Crippen LogP contribution in [0.3, 0.4) is 0 Å². The van der Waals surface area contributed by atoms with Crippen molar-refractivity contribution < 1.29 is 4.74 Å². The van der Waals surface area contributed by atoms with Crippen LogP contribution >= 0.6 is 0 Å². The molecular weight excluding hydrogens is 378 g/mol. The van der Waals surface area contributed by atoms with Gasteiger partial charge in [-0.05, 0) is 31.9 Å². The van der Waals surface area contributed by atoms with Crippen LogP contribution < -0.4 is 14.5 Å². The van der Waals surface area contributed by atoms with E-state index in [-0.39, 0.29) is 0 Å². The summed E-state index contributed by atoms with van der Waals surface area (Å²) in [5.41, 5.74) is 2.21. The molecular formula is C22H29N7O. The first kappa shape index (κ1) is 19.1. The normalized spacial score (nSPS) is 17.8. The standard InChI is InChI=1S/C22H29N7O/c1-17-14-21(28-8-3-4-9-28)29-22(23-17)24-20(25-29)16-26-10-12-27(13-11-26)18-6-5-7-19(15-18)30-2/h5-7,14-15H,3-4,8-13,16H2,1-2H3. The largest absolute Gasteiger partial charge is 0.497 e. The van der Waals surface area contributed by atoms with E-state index in [1.54, 1.807) is 7.11 Å². The van der Waals surface area contributed by atoms with E-state index in [1.807, 2.05) is 23.6 Å². The first-order valence-electron chi connectivity index (χ1n) is 10.8. The van der Waals surface area contributed by atoms with E-state index < -0.39 is 0 Å². The number of piperazine rings is 1. The highest BCUT2D eigenvalue weighted by atomic mass is 16.5. The van der Waals surface area contributed by atoms with E-state index >= 15 is 0 Å². The molecule has 0 N–H and O–H groups in total. The molecule has 30 heavy (non-hydrogen) atoms. The second-order valence-electron chi connectivity index (χ2n) is 8.15. The minimum atomic E-state index is 0.710. The summed E-state index contributed by atoms with van der Waals surface area (Å²) in [5, 5.41) is 4.82. The average molecular weight is 408 g/mol. The average Bonchev–Trinajstić information content (AvgIpc) is 3.43. The first-order valence-corrected chi connectivity index (χ1v) is 10.8. The minimum Gasteiger partial charge on any atom is -0.497 e. The Morgan fingerprint density at radius 2 is 1.73 bits per heavy atom. The zero-order valence-electron chi connectivity index (χ0n) is 17.8. The van der Waals surface area contributed by atoms with Gasteiger partial charge in [0.2, 0.25) is 0 Å². The quantitative estimate of drug-likeness (QED) is 0.643. The fourth-order valence-corrected chi connectivity index (χ4v) is 4.42. The fourth-order valence-electron chi connectivity index (χ4n) is 4.42. The summed E-state index contributed by atoms with van der Waals surface area (Å²) in [5.74, 6) is 3.59. The van der Waals surface area contributed by atoms with Gasteiger partial charge in [0.1, 0.15) is 11.6 Å². The van der Waals surface area contributed by atoms with E-state index in [0.29, 0.717) is 5.78 Å². The summed E-state index contributed by atoms with van der Waals surface area (Å²) in [6, 6.07) is 10.4. The van der Waals surface area contributed by atoms with Gasteiger partial charge in [-0.2, -0.15) is 9.50 Å². The predicted octanol–water partition coefficient (Wildman–Crippen LogP) is 2.36. The summed E-state index contributed by atoms with van der Waals surface area (Å²) < 4.78 is 7.29. The Bertz CT molecular complexity index is 1020. The Morgan fingerprint density at radius 1 is 0.933 bits per heavy atom. The summed E-state index contributed by atoms with van der Waals surface area (Å²) in [6.07, 6.45) is 2.48. The number of aryl methyl sites for hydroxylation is 1. The van der Waals surface area contributed by atoms with Gasteiger partial charge < -0.3 is 14.5 Å². The smallest absolute Gasteiger partial charge is 0.254 e. The lowest BCUT2D eigenvalue weighted by Gasteiger charge is -2.35. The third-order valence-corrected chi connectivity index (χ3v) is 6.05. The topological polar surface area (TPSA) is 62.0 Å². The van der Waals surface area contributed by atoms with Crippen molar-refractivity contribution in [2.24, 2.45) is 0 Å². The van der Waals surface area contributed by atoms with Crippen LogP contribution in [0.5, 0.6) is 5.75 Å². The van der Waals surface area contributed by atoms with Gasteiger partial charge in [-0.15, -0.1) is 5.10 Å². The van der Waals surface area contributed by atoms with E-state index in [2.05, 4.69) is 37.9 Å². The zero-order valence-corrected chi connectivity index (χ0v) is 17.8. The van der Waals surface area contributed by atoms with Crippen molar-refractivity contribution in [1.29, 1.82) is 0 Å². The van der Waals surface area contributed by atoms with Crippen molar-refractivity contribution in [3.63, 3.8) is 0 Å². The van der Waals surface area contributed by atoms with Gasteiger partial charge in [-0.25, -0.2) is 4.98 Å². The summed E-state index contributed by atoms with van der Waals surface area (Å²) in [4.78, 5) is 16.6. The van der Waals surface area contributed by atoms with Crippen LogP contribution in [0.4, 0.5) is 11.5 Å². The lowest BCUT2D eigenvalue weighted by molar-refractivity contribution is 0.244. The monoisotopic (exact) mass is 407 g/mol. The van der Waals surface area contributed by atoms with Crippen LogP contribution in [0.1, 0.15) is 24.4 Å². The van der Waals surface area contributed by atoms with Crippen molar-refractivity contribution in [3.8, 4) is 5.75 Å². The fraction of sp³-hybridized carbons (Fsp3) is 0.500. The second kappa shape index (κ2) is 8.10. The predicted molar refractivity (Wildman–Crippen MR) is 117 cm³/mol. The van der Waals surface area contributed by atoms with E-state index in [1.165, 1.54) is 18.5 Å².